The summed E-state index contributed by atoms with van der Waals surface area (Å²) >= 11 is 0. The Kier molecular flexibility index (Phi) is 12.5. The number of benzene rings is 3. The van der Waals surface area contributed by atoms with Crippen molar-refractivity contribution in [2.24, 2.45) is 0 Å². The van der Waals surface area contributed by atoms with Gasteiger partial charge in [0.05, 0.1) is 0 Å². The molecule has 3 aromatic rings. The van der Waals surface area contributed by atoms with Crippen LogP contribution >= 0.6 is 24.8 Å². The normalized spacial score (nSPS) is 10.5. The highest BCUT2D eigenvalue weighted by molar-refractivity contribution is 5.87. The molecule has 0 spiro atoms. The number of ether oxygens (including phenoxy) is 1. The first-order valence-corrected chi connectivity index (χ1v) is 10.4. The predicted molar refractivity (Wildman–Crippen MR) is 133 cm³/mol. The maximum absolute atomic E-state index is 6.21. The van der Waals surface area contributed by atoms with Crippen molar-refractivity contribution in [1.82, 2.24) is 10.2 Å². The average molecular weight is 449 g/mol. The Labute approximate surface area is 193 Å². The summed E-state index contributed by atoms with van der Waals surface area (Å²) in [6, 6.07) is 23.2. The Bertz CT molecular complexity index is 854. The Morgan fingerprint density at radius 1 is 0.833 bits per heavy atom. The van der Waals surface area contributed by atoms with E-state index in [4.69, 9.17) is 4.74 Å². The molecular formula is C25H34Cl2N2O. The summed E-state index contributed by atoms with van der Waals surface area (Å²) in [5.74, 6) is 0.971. The molecule has 0 atom stereocenters. The van der Waals surface area contributed by atoms with E-state index in [0.29, 0.717) is 6.61 Å². The van der Waals surface area contributed by atoms with E-state index in [-0.39, 0.29) is 24.8 Å². The minimum atomic E-state index is 0. The second-order valence-electron chi connectivity index (χ2n) is 7.09. The highest BCUT2D eigenvalue weighted by atomic mass is 35.5. The van der Waals surface area contributed by atoms with Gasteiger partial charge in [-0.05, 0) is 55.0 Å². The van der Waals surface area contributed by atoms with Crippen molar-refractivity contribution in [3.8, 4) is 5.75 Å². The molecule has 3 nitrogen and oxygen atoms in total. The minimum absolute atomic E-state index is 0. The van der Waals surface area contributed by atoms with Crippen LogP contribution in [0.4, 0.5) is 0 Å². The summed E-state index contributed by atoms with van der Waals surface area (Å²) in [7, 11) is 0. The third kappa shape index (κ3) is 7.48. The van der Waals surface area contributed by atoms with Gasteiger partial charge in [0.1, 0.15) is 12.4 Å². The van der Waals surface area contributed by atoms with Crippen LogP contribution in [0.25, 0.3) is 10.8 Å². The molecule has 30 heavy (non-hydrogen) atoms. The van der Waals surface area contributed by atoms with Gasteiger partial charge in [-0.2, -0.15) is 0 Å². The van der Waals surface area contributed by atoms with Crippen LogP contribution in [-0.4, -0.2) is 31.1 Å². The van der Waals surface area contributed by atoms with Crippen LogP contribution in [0.1, 0.15) is 31.4 Å². The molecule has 0 amide bonds. The number of hydrogen-bond acceptors (Lipinski definition) is 3. The van der Waals surface area contributed by atoms with Crippen LogP contribution in [0.5, 0.6) is 5.75 Å². The van der Waals surface area contributed by atoms with Gasteiger partial charge in [-0.1, -0.05) is 74.5 Å². The summed E-state index contributed by atoms with van der Waals surface area (Å²) in [5, 5.41) is 6.16. The van der Waals surface area contributed by atoms with E-state index in [9.17, 15) is 0 Å². The number of hydrogen-bond donors (Lipinski definition) is 1. The molecule has 0 saturated heterocycles. The lowest BCUT2D eigenvalue weighted by Crippen LogP contribution is -2.27. The van der Waals surface area contributed by atoms with Crippen LogP contribution in [0.15, 0.2) is 66.7 Å². The van der Waals surface area contributed by atoms with Gasteiger partial charge in [0.2, 0.25) is 0 Å². The molecule has 164 valence electrons. The second-order valence-corrected chi connectivity index (χ2v) is 7.09. The van der Waals surface area contributed by atoms with Gasteiger partial charge >= 0.3 is 0 Å². The summed E-state index contributed by atoms with van der Waals surface area (Å²) < 4.78 is 6.21. The van der Waals surface area contributed by atoms with Gasteiger partial charge in [0, 0.05) is 12.1 Å². The van der Waals surface area contributed by atoms with Crippen LogP contribution < -0.4 is 10.1 Å². The van der Waals surface area contributed by atoms with Crippen molar-refractivity contribution in [2.45, 2.75) is 33.4 Å². The minimum Gasteiger partial charge on any atom is -0.489 e. The van der Waals surface area contributed by atoms with Gasteiger partial charge in [-0.25, -0.2) is 0 Å². The largest absolute Gasteiger partial charge is 0.489 e. The molecule has 0 heterocycles. The third-order valence-corrected chi connectivity index (χ3v) is 5.26. The molecule has 0 aliphatic carbocycles. The topological polar surface area (TPSA) is 24.5 Å². The summed E-state index contributed by atoms with van der Waals surface area (Å²) in [6.07, 6.45) is 1.16. The average Bonchev–Trinajstić information content (AvgIpc) is 2.76. The molecule has 3 aromatic carbocycles. The number of nitrogens with one attached hydrogen (secondary N) is 1. The van der Waals surface area contributed by atoms with Crippen molar-refractivity contribution in [3.63, 3.8) is 0 Å². The van der Waals surface area contributed by atoms with Crippen LogP contribution in [0.2, 0.25) is 0 Å². The van der Waals surface area contributed by atoms with Crippen molar-refractivity contribution >= 4 is 35.6 Å². The van der Waals surface area contributed by atoms with E-state index in [1.807, 2.05) is 6.07 Å². The van der Waals surface area contributed by atoms with Crippen LogP contribution in [0.3, 0.4) is 0 Å². The third-order valence-electron chi connectivity index (χ3n) is 5.26. The molecule has 0 saturated carbocycles. The monoisotopic (exact) mass is 448 g/mol. The molecular weight excluding hydrogens is 415 g/mol. The predicted octanol–water partition coefficient (Wildman–Crippen LogP) is 6.08. The number of rotatable bonds is 11. The number of halogens is 2. The van der Waals surface area contributed by atoms with Crippen molar-refractivity contribution < 1.29 is 4.74 Å². The molecule has 0 radical (unpaired) electrons. The van der Waals surface area contributed by atoms with E-state index in [1.54, 1.807) is 0 Å². The standard InChI is InChI=1S/C25H32N2O.2ClH/c1-3-27(4-2)18-10-17-26-19-24-23-14-9-8-13-22(23)15-16-25(24)28-20-21-11-6-5-7-12-21;;/h5-9,11-16,26H,3-4,10,17-20H2,1-2H3;2*1H. The van der Waals surface area contributed by atoms with Gasteiger partial charge in [0.25, 0.3) is 0 Å². The van der Waals surface area contributed by atoms with E-state index in [1.165, 1.54) is 21.9 Å². The molecule has 3 rings (SSSR count). The number of nitrogens with zero attached hydrogens (tertiary/aromatic N) is 1. The maximum Gasteiger partial charge on any atom is 0.124 e. The smallest absolute Gasteiger partial charge is 0.124 e. The molecule has 0 unspecified atom stereocenters. The van der Waals surface area contributed by atoms with Crippen molar-refractivity contribution in [2.75, 3.05) is 26.2 Å². The summed E-state index contributed by atoms with van der Waals surface area (Å²) in [6.45, 7) is 10.3. The molecule has 0 aliphatic rings. The molecule has 5 heteroatoms. The Balaban J connectivity index is 0.00000225. The highest BCUT2D eigenvalue weighted by Gasteiger charge is 2.09. The lowest BCUT2D eigenvalue weighted by Gasteiger charge is -2.18. The zero-order valence-electron chi connectivity index (χ0n) is 18.0. The fraction of sp³-hybridized carbons (Fsp3) is 0.360. The first-order valence-electron chi connectivity index (χ1n) is 10.4. The van der Waals surface area contributed by atoms with Crippen molar-refractivity contribution in [1.29, 1.82) is 0 Å². The highest BCUT2D eigenvalue weighted by Crippen LogP contribution is 2.28. The molecule has 0 bridgehead atoms. The first kappa shape index (κ1) is 26.3. The van der Waals surface area contributed by atoms with E-state index >= 15 is 0 Å². The molecule has 0 aromatic heterocycles. The second kappa shape index (κ2) is 14.3. The van der Waals surface area contributed by atoms with E-state index in [0.717, 1.165) is 44.9 Å². The van der Waals surface area contributed by atoms with Gasteiger partial charge in [-0.15, -0.1) is 24.8 Å². The quantitative estimate of drug-likeness (QED) is 0.359. The van der Waals surface area contributed by atoms with E-state index < -0.39 is 0 Å². The maximum atomic E-state index is 6.21. The first-order chi connectivity index (χ1) is 13.8. The van der Waals surface area contributed by atoms with Crippen LogP contribution in [-0.2, 0) is 13.2 Å². The van der Waals surface area contributed by atoms with Gasteiger partial charge < -0.3 is 15.0 Å². The summed E-state index contributed by atoms with van der Waals surface area (Å²) in [4.78, 5) is 2.47. The van der Waals surface area contributed by atoms with Crippen LogP contribution in [0, 0.1) is 0 Å². The van der Waals surface area contributed by atoms with Gasteiger partial charge in [0.15, 0.2) is 0 Å². The molecule has 0 aliphatic heterocycles. The Morgan fingerprint density at radius 3 is 2.27 bits per heavy atom. The lowest BCUT2D eigenvalue weighted by molar-refractivity contribution is 0.296. The lowest BCUT2D eigenvalue weighted by atomic mass is 10.0. The molecule has 0 fully saturated rings. The Hall–Kier alpha value is -1.78. The zero-order chi connectivity index (χ0) is 19.6. The Morgan fingerprint density at radius 2 is 1.53 bits per heavy atom. The fourth-order valence-electron chi connectivity index (χ4n) is 3.55. The molecule has 1 N–H and O–H groups in total. The van der Waals surface area contributed by atoms with Crippen molar-refractivity contribution in [3.05, 3.63) is 77.9 Å². The van der Waals surface area contributed by atoms with E-state index in [2.05, 4.69) is 84.7 Å². The zero-order valence-corrected chi connectivity index (χ0v) is 19.6. The van der Waals surface area contributed by atoms with Gasteiger partial charge in [-0.3, -0.25) is 0 Å². The fourth-order valence-corrected chi connectivity index (χ4v) is 3.55. The SMILES string of the molecule is CCN(CC)CCCNCc1c(OCc2ccccc2)ccc2ccccc12.Cl.Cl. The number of fused-ring (bicyclic) bond motifs is 1. The summed E-state index contributed by atoms with van der Waals surface area (Å²) in [5.41, 5.74) is 2.44.